The minimum absolute atomic E-state index is 0.659. The quantitative estimate of drug-likeness (QED) is 0.627. The number of nitrogens with one attached hydrogen (secondary N) is 1. The van der Waals surface area contributed by atoms with Crippen LogP contribution in [0, 0.1) is 0 Å². The number of rotatable bonds is 6. The SMILES string of the molecule is CCCN(C)CC(CC)NC. The predicted molar refractivity (Wildman–Crippen MR) is 50.9 cm³/mol. The molecule has 0 amide bonds. The summed E-state index contributed by atoms with van der Waals surface area (Å²) in [6, 6.07) is 0.659. The van der Waals surface area contributed by atoms with E-state index in [1.54, 1.807) is 0 Å². The van der Waals surface area contributed by atoms with E-state index in [0.29, 0.717) is 6.04 Å². The van der Waals surface area contributed by atoms with Gasteiger partial charge >= 0.3 is 0 Å². The van der Waals surface area contributed by atoms with Crippen molar-refractivity contribution in [3.05, 3.63) is 0 Å². The summed E-state index contributed by atoms with van der Waals surface area (Å²) in [7, 11) is 4.22. The molecular weight excluding hydrogens is 136 g/mol. The zero-order chi connectivity index (χ0) is 8.69. The topological polar surface area (TPSA) is 15.3 Å². The molecule has 0 aromatic rings. The van der Waals surface area contributed by atoms with Gasteiger partial charge in [-0.1, -0.05) is 13.8 Å². The minimum atomic E-state index is 0.659. The summed E-state index contributed by atoms with van der Waals surface area (Å²) >= 11 is 0. The van der Waals surface area contributed by atoms with E-state index in [0.717, 1.165) is 0 Å². The molecule has 0 radical (unpaired) electrons. The van der Waals surface area contributed by atoms with Crippen LogP contribution in [0.25, 0.3) is 0 Å². The molecule has 0 saturated carbocycles. The third kappa shape index (κ3) is 5.22. The Kier molecular flexibility index (Phi) is 6.57. The van der Waals surface area contributed by atoms with E-state index in [-0.39, 0.29) is 0 Å². The fourth-order valence-corrected chi connectivity index (χ4v) is 1.27. The molecule has 2 heteroatoms. The van der Waals surface area contributed by atoms with Crippen LogP contribution in [0.5, 0.6) is 0 Å². The maximum Gasteiger partial charge on any atom is 0.0189 e. The number of hydrogen-bond donors (Lipinski definition) is 1. The first-order valence-corrected chi connectivity index (χ1v) is 4.60. The van der Waals surface area contributed by atoms with Crippen LogP contribution in [-0.4, -0.2) is 38.1 Å². The highest BCUT2D eigenvalue weighted by Gasteiger charge is 2.05. The maximum atomic E-state index is 3.30. The Bertz CT molecular complexity index is 79.6. The van der Waals surface area contributed by atoms with Crippen molar-refractivity contribution in [1.82, 2.24) is 10.2 Å². The molecule has 1 N–H and O–H groups in total. The zero-order valence-corrected chi connectivity index (χ0v) is 8.35. The van der Waals surface area contributed by atoms with Crippen LogP contribution in [0.2, 0.25) is 0 Å². The average Bonchev–Trinajstić information content (AvgIpc) is 2.01. The minimum Gasteiger partial charge on any atom is -0.316 e. The molecule has 0 aliphatic heterocycles. The molecule has 68 valence electrons. The van der Waals surface area contributed by atoms with Crippen molar-refractivity contribution < 1.29 is 0 Å². The summed E-state index contributed by atoms with van der Waals surface area (Å²) in [5.41, 5.74) is 0. The number of nitrogens with zero attached hydrogens (tertiary/aromatic N) is 1. The molecule has 0 bridgehead atoms. The van der Waals surface area contributed by atoms with Gasteiger partial charge < -0.3 is 10.2 Å². The smallest absolute Gasteiger partial charge is 0.0189 e. The fourth-order valence-electron chi connectivity index (χ4n) is 1.27. The summed E-state index contributed by atoms with van der Waals surface area (Å²) in [6.07, 6.45) is 2.46. The van der Waals surface area contributed by atoms with Crippen molar-refractivity contribution >= 4 is 0 Å². The second-order valence-corrected chi connectivity index (χ2v) is 3.16. The lowest BCUT2D eigenvalue weighted by atomic mass is 10.2. The molecule has 2 nitrogen and oxygen atoms in total. The highest BCUT2D eigenvalue weighted by Crippen LogP contribution is 1.94. The van der Waals surface area contributed by atoms with Gasteiger partial charge in [0.2, 0.25) is 0 Å². The summed E-state index contributed by atoms with van der Waals surface area (Å²) in [4.78, 5) is 2.38. The highest BCUT2D eigenvalue weighted by molar-refractivity contribution is 4.65. The normalized spacial score (nSPS) is 13.9. The lowest BCUT2D eigenvalue weighted by Gasteiger charge is -2.21. The lowest BCUT2D eigenvalue weighted by Crippen LogP contribution is -2.37. The summed E-state index contributed by atoms with van der Waals surface area (Å²) < 4.78 is 0. The first-order valence-electron chi connectivity index (χ1n) is 4.60. The third-order valence-electron chi connectivity index (χ3n) is 2.04. The van der Waals surface area contributed by atoms with Crippen molar-refractivity contribution in [3.8, 4) is 0 Å². The van der Waals surface area contributed by atoms with Gasteiger partial charge in [-0.2, -0.15) is 0 Å². The number of hydrogen-bond acceptors (Lipinski definition) is 2. The molecule has 0 heterocycles. The van der Waals surface area contributed by atoms with Gasteiger partial charge in [0, 0.05) is 12.6 Å². The molecule has 0 spiro atoms. The Labute approximate surface area is 71.0 Å². The van der Waals surface area contributed by atoms with Crippen LogP contribution < -0.4 is 5.32 Å². The Morgan fingerprint density at radius 3 is 2.36 bits per heavy atom. The standard InChI is InChI=1S/C9H22N2/c1-5-7-11(4)8-9(6-2)10-3/h9-10H,5-8H2,1-4H3. The third-order valence-corrected chi connectivity index (χ3v) is 2.04. The van der Waals surface area contributed by atoms with Crippen LogP contribution in [-0.2, 0) is 0 Å². The van der Waals surface area contributed by atoms with Gasteiger partial charge in [0.05, 0.1) is 0 Å². The van der Waals surface area contributed by atoms with Gasteiger partial charge in [-0.3, -0.25) is 0 Å². The Morgan fingerprint density at radius 2 is 2.00 bits per heavy atom. The zero-order valence-electron chi connectivity index (χ0n) is 8.35. The van der Waals surface area contributed by atoms with Crippen molar-refractivity contribution in [1.29, 1.82) is 0 Å². The van der Waals surface area contributed by atoms with Gasteiger partial charge in [0.1, 0.15) is 0 Å². The highest BCUT2D eigenvalue weighted by atomic mass is 15.1. The molecule has 0 rings (SSSR count). The molecule has 0 aliphatic carbocycles. The van der Waals surface area contributed by atoms with Crippen LogP contribution in [0.3, 0.4) is 0 Å². The molecule has 0 aromatic carbocycles. The van der Waals surface area contributed by atoms with Crippen LogP contribution in [0.1, 0.15) is 26.7 Å². The van der Waals surface area contributed by atoms with Crippen molar-refractivity contribution in [2.24, 2.45) is 0 Å². The molecule has 11 heavy (non-hydrogen) atoms. The molecular formula is C9H22N2. The predicted octanol–water partition coefficient (Wildman–Crippen LogP) is 1.33. The van der Waals surface area contributed by atoms with Crippen LogP contribution >= 0.6 is 0 Å². The van der Waals surface area contributed by atoms with Gasteiger partial charge in [-0.15, -0.1) is 0 Å². The first kappa shape index (κ1) is 10.9. The second kappa shape index (κ2) is 6.62. The second-order valence-electron chi connectivity index (χ2n) is 3.16. The lowest BCUT2D eigenvalue weighted by molar-refractivity contribution is 0.291. The Balaban J connectivity index is 3.44. The Morgan fingerprint density at radius 1 is 1.36 bits per heavy atom. The largest absolute Gasteiger partial charge is 0.316 e. The van der Waals surface area contributed by atoms with E-state index in [2.05, 4.69) is 31.1 Å². The van der Waals surface area contributed by atoms with Gasteiger partial charge in [-0.25, -0.2) is 0 Å². The monoisotopic (exact) mass is 158 g/mol. The maximum absolute atomic E-state index is 3.30. The fraction of sp³-hybridized carbons (Fsp3) is 1.00. The van der Waals surface area contributed by atoms with Gasteiger partial charge in [0.25, 0.3) is 0 Å². The molecule has 0 fully saturated rings. The van der Waals surface area contributed by atoms with Crippen molar-refractivity contribution in [3.63, 3.8) is 0 Å². The first-order chi connectivity index (χ1) is 5.24. The Hall–Kier alpha value is -0.0800. The van der Waals surface area contributed by atoms with E-state index >= 15 is 0 Å². The summed E-state index contributed by atoms with van der Waals surface area (Å²) in [5.74, 6) is 0. The average molecular weight is 158 g/mol. The van der Waals surface area contributed by atoms with E-state index < -0.39 is 0 Å². The van der Waals surface area contributed by atoms with Crippen LogP contribution in [0.4, 0.5) is 0 Å². The van der Waals surface area contributed by atoms with E-state index in [9.17, 15) is 0 Å². The van der Waals surface area contributed by atoms with Crippen molar-refractivity contribution in [2.75, 3.05) is 27.2 Å². The molecule has 0 aliphatic rings. The van der Waals surface area contributed by atoms with Gasteiger partial charge in [0.15, 0.2) is 0 Å². The van der Waals surface area contributed by atoms with Gasteiger partial charge in [-0.05, 0) is 33.5 Å². The number of likely N-dealkylation sites (N-methyl/N-ethyl adjacent to an activating group) is 2. The van der Waals surface area contributed by atoms with E-state index in [4.69, 9.17) is 0 Å². The molecule has 0 aromatic heterocycles. The van der Waals surface area contributed by atoms with E-state index in [1.165, 1.54) is 25.9 Å². The van der Waals surface area contributed by atoms with Crippen molar-refractivity contribution in [2.45, 2.75) is 32.7 Å². The van der Waals surface area contributed by atoms with Crippen LogP contribution in [0.15, 0.2) is 0 Å². The molecule has 1 atom stereocenters. The molecule has 0 saturated heterocycles. The summed E-state index contributed by atoms with van der Waals surface area (Å²) in [5, 5.41) is 3.30. The summed E-state index contributed by atoms with van der Waals surface area (Å²) in [6.45, 7) is 6.82. The van der Waals surface area contributed by atoms with E-state index in [1.807, 2.05) is 7.05 Å². The molecule has 1 unspecified atom stereocenters.